The average Bonchev–Trinajstić information content (AvgIpc) is 3.15. The van der Waals surface area contributed by atoms with Gasteiger partial charge in [-0.2, -0.15) is 0 Å². The molecule has 1 amide bonds. The van der Waals surface area contributed by atoms with Crippen molar-refractivity contribution in [2.75, 3.05) is 27.3 Å². The molecule has 1 aliphatic carbocycles. The fourth-order valence-electron chi connectivity index (χ4n) is 5.09. The molecule has 2 atom stereocenters. The van der Waals surface area contributed by atoms with Gasteiger partial charge in [0.2, 0.25) is 0 Å². The number of rotatable bonds is 7. The molecule has 1 N–H and O–H groups in total. The first-order chi connectivity index (χ1) is 15.6. The van der Waals surface area contributed by atoms with Crippen LogP contribution in [0.5, 0.6) is 5.75 Å². The molecule has 4 rings (SSSR count). The van der Waals surface area contributed by atoms with Crippen molar-refractivity contribution in [3.63, 3.8) is 0 Å². The summed E-state index contributed by atoms with van der Waals surface area (Å²) in [6.07, 6.45) is 8.26. The van der Waals surface area contributed by atoms with Crippen molar-refractivity contribution in [3.05, 3.63) is 35.7 Å². The number of carbonyl (C=O) groups excluding carboxylic acids is 1. The molecular weight excluding hydrogens is 404 g/mol. The van der Waals surface area contributed by atoms with Gasteiger partial charge in [-0.15, -0.1) is 0 Å². The maximum absolute atomic E-state index is 13.2. The number of methoxy groups -OCH3 is 2. The van der Waals surface area contributed by atoms with Crippen molar-refractivity contribution in [2.45, 2.75) is 64.5 Å². The Hall–Kier alpha value is -2.38. The zero-order chi connectivity index (χ0) is 22.5. The highest BCUT2D eigenvalue weighted by Gasteiger charge is 2.28. The monoisotopic (exact) mass is 440 g/mol. The molecule has 32 heavy (non-hydrogen) atoms. The first kappa shape index (κ1) is 22.8. The number of para-hydroxylation sites is 1. The van der Waals surface area contributed by atoms with E-state index in [4.69, 9.17) is 14.5 Å². The van der Waals surface area contributed by atoms with Crippen LogP contribution in [0.2, 0.25) is 0 Å². The van der Waals surface area contributed by atoms with Gasteiger partial charge in [0.15, 0.2) is 5.69 Å². The SMILES string of the molecule is COc1ccccc1-c1nc(C(=O)NN2CCCCC2)c(C)n1C[C@H]1CCC[C@H](OC)C1. The molecule has 1 saturated carbocycles. The highest BCUT2D eigenvalue weighted by molar-refractivity contribution is 5.94. The number of hydrazine groups is 1. The number of piperidine rings is 1. The quantitative estimate of drug-likeness (QED) is 0.699. The molecule has 174 valence electrons. The van der Waals surface area contributed by atoms with Crippen molar-refractivity contribution in [1.29, 1.82) is 0 Å². The van der Waals surface area contributed by atoms with Gasteiger partial charge < -0.3 is 14.0 Å². The molecular formula is C25H36N4O3. The lowest BCUT2D eigenvalue weighted by molar-refractivity contribution is 0.0471. The predicted octanol–water partition coefficient (Wildman–Crippen LogP) is 4.20. The van der Waals surface area contributed by atoms with Gasteiger partial charge in [-0.25, -0.2) is 9.99 Å². The summed E-state index contributed by atoms with van der Waals surface area (Å²) in [4.78, 5) is 18.1. The summed E-state index contributed by atoms with van der Waals surface area (Å²) in [6, 6.07) is 7.90. The van der Waals surface area contributed by atoms with E-state index in [0.29, 0.717) is 17.7 Å². The Morgan fingerprint density at radius 3 is 2.66 bits per heavy atom. The van der Waals surface area contributed by atoms with E-state index in [-0.39, 0.29) is 5.91 Å². The number of imidazole rings is 1. The Morgan fingerprint density at radius 1 is 1.12 bits per heavy atom. The van der Waals surface area contributed by atoms with E-state index < -0.39 is 0 Å². The third-order valence-corrected chi connectivity index (χ3v) is 6.91. The number of benzene rings is 1. The van der Waals surface area contributed by atoms with E-state index in [1.807, 2.05) is 36.2 Å². The number of carbonyl (C=O) groups is 1. The maximum Gasteiger partial charge on any atom is 0.286 e. The van der Waals surface area contributed by atoms with E-state index in [2.05, 4.69) is 9.99 Å². The van der Waals surface area contributed by atoms with Crippen LogP contribution in [-0.4, -0.2) is 53.9 Å². The summed E-state index contributed by atoms with van der Waals surface area (Å²) in [5, 5.41) is 2.03. The Bertz CT molecular complexity index is 920. The van der Waals surface area contributed by atoms with Crippen LogP contribution in [0.15, 0.2) is 24.3 Å². The summed E-state index contributed by atoms with van der Waals surface area (Å²) < 4.78 is 13.5. The van der Waals surface area contributed by atoms with Crippen LogP contribution >= 0.6 is 0 Å². The molecule has 0 radical (unpaired) electrons. The minimum atomic E-state index is -0.127. The van der Waals surface area contributed by atoms with Gasteiger partial charge in [0.05, 0.1) is 18.8 Å². The minimum Gasteiger partial charge on any atom is -0.496 e. The summed E-state index contributed by atoms with van der Waals surface area (Å²) in [5.74, 6) is 1.93. The maximum atomic E-state index is 13.2. The second-order valence-electron chi connectivity index (χ2n) is 9.06. The lowest BCUT2D eigenvalue weighted by Crippen LogP contribution is -2.45. The number of nitrogens with zero attached hydrogens (tertiary/aromatic N) is 3. The number of ether oxygens (including phenoxy) is 2. The third-order valence-electron chi connectivity index (χ3n) is 6.91. The molecule has 2 fully saturated rings. The smallest absolute Gasteiger partial charge is 0.286 e. The van der Waals surface area contributed by atoms with Crippen LogP contribution in [0.25, 0.3) is 11.4 Å². The molecule has 7 heteroatoms. The normalized spacial score (nSPS) is 22.0. The van der Waals surface area contributed by atoms with Gasteiger partial charge >= 0.3 is 0 Å². The first-order valence-corrected chi connectivity index (χ1v) is 11.9. The number of hydrogen-bond donors (Lipinski definition) is 1. The molecule has 2 aliphatic rings. The van der Waals surface area contributed by atoms with Gasteiger partial charge in [0.25, 0.3) is 5.91 Å². The van der Waals surface area contributed by atoms with Crippen LogP contribution in [-0.2, 0) is 11.3 Å². The molecule has 1 aromatic carbocycles. The standard InChI is InChI=1S/C25H36N4O3/c1-18-23(25(30)27-28-14-7-4-8-15-28)26-24(21-12-5-6-13-22(21)32-3)29(18)17-19-10-9-11-20(16-19)31-2/h5-6,12-13,19-20H,4,7-11,14-17H2,1-3H3,(H,27,30)/t19-,20-/m0/s1. The summed E-state index contributed by atoms with van der Waals surface area (Å²) in [6.45, 7) is 4.62. The van der Waals surface area contributed by atoms with Gasteiger partial charge in [-0.1, -0.05) is 25.0 Å². The Kier molecular flexibility index (Phi) is 7.48. The van der Waals surface area contributed by atoms with Gasteiger partial charge in [-0.3, -0.25) is 10.2 Å². The highest BCUT2D eigenvalue weighted by Crippen LogP contribution is 2.34. The van der Waals surface area contributed by atoms with E-state index in [1.165, 1.54) is 12.8 Å². The zero-order valence-electron chi connectivity index (χ0n) is 19.6. The van der Waals surface area contributed by atoms with E-state index in [9.17, 15) is 4.79 Å². The molecule has 0 spiro atoms. The van der Waals surface area contributed by atoms with E-state index in [0.717, 1.165) is 74.6 Å². The molecule has 0 bridgehead atoms. The molecule has 7 nitrogen and oxygen atoms in total. The predicted molar refractivity (Wildman–Crippen MR) is 125 cm³/mol. The summed E-state index contributed by atoms with van der Waals surface area (Å²) >= 11 is 0. The fraction of sp³-hybridized carbons (Fsp3) is 0.600. The second-order valence-corrected chi connectivity index (χ2v) is 9.06. The number of nitrogens with one attached hydrogen (secondary N) is 1. The molecule has 1 aliphatic heterocycles. The molecule has 1 aromatic heterocycles. The van der Waals surface area contributed by atoms with Crippen LogP contribution in [0, 0.1) is 12.8 Å². The molecule has 1 saturated heterocycles. The minimum absolute atomic E-state index is 0.127. The zero-order valence-corrected chi connectivity index (χ0v) is 19.6. The first-order valence-electron chi connectivity index (χ1n) is 11.9. The largest absolute Gasteiger partial charge is 0.496 e. The Labute approximate surface area is 191 Å². The van der Waals surface area contributed by atoms with E-state index in [1.54, 1.807) is 14.2 Å². The Balaban J connectivity index is 1.66. The van der Waals surface area contributed by atoms with Crippen LogP contribution < -0.4 is 10.2 Å². The van der Waals surface area contributed by atoms with Crippen molar-refractivity contribution < 1.29 is 14.3 Å². The summed E-state index contributed by atoms with van der Waals surface area (Å²) in [7, 11) is 3.48. The lowest BCUT2D eigenvalue weighted by atomic mass is 9.87. The second kappa shape index (κ2) is 10.5. The molecule has 2 heterocycles. The highest BCUT2D eigenvalue weighted by atomic mass is 16.5. The number of amides is 1. The van der Waals surface area contributed by atoms with Crippen molar-refractivity contribution in [2.24, 2.45) is 5.92 Å². The van der Waals surface area contributed by atoms with Crippen LogP contribution in [0.4, 0.5) is 0 Å². The van der Waals surface area contributed by atoms with Crippen molar-refractivity contribution in [1.82, 2.24) is 20.0 Å². The number of aromatic nitrogens is 2. The van der Waals surface area contributed by atoms with Gasteiger partial charge in [0, 0.05) is 32.4 Å². The average molecular weight is 441 g/mol. The number of hydrogen-bond acceptors (Lipinski definition) is 5. The Morgan fingerprint density at radius 2 is 1.91 bits per heavy atom. The molecule has 2 aromatic rings. The van der Waals surface area contributed by atoms with Crippen molar-refractivity contribution >= 4 is 5.91 Å². The topological polar surface area (TPSA) is 68.6 Å². The van der Waals surface area contributed by atoms with Crippen LogP contribution in [0.1, 0.15) is 61.1 Å². The lowest BCUT2D eigenvalue weighted by Gasteiger charge is -2.29. The van der Waals surface area contributed by atoms with Crippen LogP contribution in [0.3, 0.4) is 0 Å². The third kappa shape index (κ3) is 4.99. The molecule has 0 unspecified atom stereocenters. The van der Waals surface area contributed by atoms with Gasteiger partial charge in [0.1, 0.15) is 11.6 Å². The summed E-state index contributed by atoms with van der Waals surface area (Å²) in [5.41, 5.74) is 5.39. The van der Waals surface area contributed by atoms with Gasteiger partial charge in [-0.05, 0) is 57.1 Å². The fourth-order valence-corrected chi connectivity index (χ4v) is 5.09. The van der Waals surface area contributed by atoms with Crippen molar-refractivity contribution in [3.8, 4) is 17.1 Å². The van der Waals surface area contributed by atoms with E-state index >= 15 is 0 Å².